The number of benzene rings is 1. The molecule has 0 fully saturated rings. The van der Waals surface area contributed by atoms with E-state index in [4.69, 9.17) is 4.74 Å². The third-order valence-corrected chi connectivity index (χ3v) is 2.78. The minimum atomic E-state index is -0.272. The van der Waals surface area contributed by atoms with Crippen LogP contribution in [0.4, 0.5) is 5.69 Å². The minimum absolute atomic E-state index is 0.272. The fourth-order valence-electron chi connectivity index (χ4n) is 1.55. The van der Waals surface area contributed by atoms with Gasteiger partial charge in [-0.2, -0.15) is 0 Å². The van der Waals surface area contributed by atoms with Gasteiger partial charge in [0.2, 0.25) is 0 Å². The van der Waals surface area contributed by atoms with Gasteiger partial charge in [0, 0.05) is 25.3 Å². The van der Waals surface area contributed by atoms with E-state index < -0.39 is 0 Å². The molecule has 1 aromatic rings. The highest BCUT2D eigenvalue weighted by atomic mass is 16.5. The molecule has 1 rings (SSSR count). The van der Waals surface area contributed by atoms with Crippen LogP contribution in [0.1, 0.15) is 10.4 Å². The molecule has 0 aliphatic rings. The first kappa shape index (κ1) is 16.5. The number of esters is 1. The molecule has 20 heavy (non-hydrogen) atoms. The Bertz CT molecular complexity index is 402. The van der Waals surface area contributed by atoms with Gasteiger partial charge in [-0.1, -0.05) is 0 Å². The Balaban J connectivity index is 2.39. The monoisotopic (exact) mass is 279 g/mol. The Morgan fingerprint density at radius 2 is 1.65 bits per heavy atom. The van der Waals surface area contributed by atoms with Crippen molar-refractivity contribution in [1.82, 2.24) is 9.80 Å². The van der Waals surface area contributed by atoms with Gasteiger partial charge in [0.25, 0.3) is 0 Å². The Labute approximate surface area is 121 Å². The second-order valence-electron chi connectivity index (χ2n) is 5.25. The topological polar surface area (TPSA) is 44.8 Å². The lowest BCUT2D eigenvalue weighted by Crippen LogP contribution is -2.21. The first-order chi connectivity index (χ1) is 9.49. The van der Waals surface area contributed by atoms with Crippen molar-refractivity contribution in [3.63, 3.8) is 0 Å². The van der Waals surface area contributed by atoms with E-state index in [0.717, 1.165) is 25.3 Å². The van der Waals surface area contributed by atoms with Crippen molar-refractivity contribution in [2.24, 2.45) is 0 Å². The molecule has 0 aliphatic heterocycles. The highest BCUT2D eigenvalue weighted by molar-refractivity contribution is 5.89. The number of carbonyl (C=O) groups excluding carboxylic acids is 1. The van der Waals surface area contributed by atoms with Gasteiger partial charge in [0.15, 0.2) is 0 Å². The number of nitrogens with one attached hydrogen (secondary N) is 1. The van der Waals surface area contributed by atoms with E-state index in [1.807, 2.05) is 45.2 Å². The smallest absolute Gasteiger partial charge is 0.338 e. The fourth-order valence-corrected chi connectivity index (χ4v) is 1.55. The predicted octanol–water partition coefficient (Wildman–Crippen LogP) is 1.38. The van der Waals surface area contributed by atoms with Gasteiger partial charge in [0.05, 0.1) is 5.56 Å². The van der Waals surface area contributed by atoms with Gasteiger partial charge in [-0.05, 0) is 52.5 Å². The van der Waals surface area contributed by atoms with Crippen LogP contribution in [0, 0.1) is 0 Å². The lowest BCUT2D eigenvalue weighted by molar-refractivity contribution is 0.0482. The zero-order valence-electron chi connectivity index (χ0n) is 12.8. The summed E-state index contributed by atoms with van der Waals surface area (Å²) < 4.78 is 5.18. The molecule has 5 heteroatoms. The number of hydrogen-bond acceptors (Lipinski definition) is 5. The summed E-state index contributed by atoms with van der Waals surface area (Å²) in [7, 11) is 7.97. The van der Waals surface area contributed by atoms with Crippen LogP contribution < -0.4 is 5.32 Å². The van der Waals surface area contributed by atoms with E-state index in [-0.39, 0.29) is 5.97 Å². The maximum atomic E-state index is 11.8. The Hall–Kier alpha value is -1.59. The lowest BCUT2D eigenvalue weighted by atomic mass is 10.2. The maximum absolute atomic E-state index is 11.8. The third kappa shape index (κ3) is 6.54. The summed E-state index contributed by atoms with van der Waals surface area (Å²) >= 11 is 0. The summed E-state index contributed by atoms with van der Waals surface area (Å²) in [6.45, 7) is 2.98. The van der Waals surface area contributed by atoms with Crippen molar-refractivity contribution in [3.8, 4) is 0 Å². The molecule has 0 unspecified atom stereocenters. The van der Waals surface area contributed by atoms with Gasteiger partial charge >= 0.3 is 5.97 Å². The first-order valence-electron chi connectivity index (χ1n) is 6.79. The average molecular weight is 279 g/mol. The zero-order chi connectivity index (χ0) is 15.0. The van der Waals surface area contributed by atoms with Gasteiger partial charge in [0.1, 0.15) is 6.61 Å². The van der Waals surface area contributed by atoms with E-state index >= 15 is 0 Å². The number of rotatable bonds is 8. The number of hydrogen-bond donors (Lipinski definition) is 1. The van der Waals surface area contributed by atoms with Gasteiger partial charge in [-0.15, -0.1) is 0 Å². The van der Waals surface area contributed by atoms with Crippen LogP contribution in [0.2, 0.25) is 0 Å². The maximum Gasteiger partial charge on any atom is 0.338 e. The minimum Gasteiger partial charge on any atom is -0.461 e. The van der Waals surface area contributed by atoms with Crippen molar-refractivity contribution in [3.05, 3.63) is 29.8 Å². The first-order valence-corrected chi connectivity index (χ1v) is 6.79. The number of carbonyl (C=O) groups is 1. The number of anilines is 1. The number of nitrogens with zero attached hydrogens (tertiary/aromatic N) is 2. The normalized spacial score (nSPS) is 10.9. The highest BCUT2D eigenvalue weighted by Gasteiger charge is 2.06. The van der Waals surface area contributed by atoms with Crippen LogP contribution in [-0.2, 0) is 4.74 Å². The SMILES string of the molecule is CN(C)CCNc1ccc(C(=O)OCCN(C)C)cc1. The molecule has 0 saturated carbocycles. The summed E-state index contributed by atoms with van der Waals surface area (Å²) in [6, 6.07) is 7.38. The van der Waals surface area contributed by atoms with Crippen molar-refractivity contribution < 1.29 is 9.53 Å². The molecule has 0 amide bonds. The van der Waals surface area contributed by atoms with Gasteiger partial charge < -0.3 is 19.9 Å². The predicted molar refractivity (Wildman–Crippen MR) is 82.3 cm³/mol. The molecule has 0 bridgehead atoms. The van der Waals surface area contributed by atoms with Crippen LogP contribution in [0.15, 0.2) is 24.3 Å². The zero-order valence-corrected chi connectivity index (χ0v) is 12.8. The second kappa shape index (κ2) is 8.55. The highest BCUT2D eigenvalue weighted by Crippen LogP contribution is 2.10. The summed E-state index contributed by atoms with van der Waals surface area (Å²) in [5, 5.41) is 3.30. The molecule has 5 nitrogen and oxygen atoms in total. The quantitative estimate of drug-likeness (QED) is 0.728. The van der Waals surface area contributed by atoms with Crippen LogP contribution >= 0.6 is 0 Å². The molecule has 1 aromatic carbocycles. The molecule has 0 aliphatic carbocycles. The summed E-state index contributed by atoms with van der Waals surface area (Å²) in [4.78, 5) is 15.9. The average Bonchev–Trinajstić information content (AvgIpc) is 2.38. The van der Waals surface area contributed by atoms with Crippen molar-refractivity contribution in [1.29, 1.82) is 0 Å². The van der Waals surface area contributed by atoms with Crippen molar-refractivity contribution >= 4 is 11.7 Å². The molecule has 112 valence electrons. The van der Waals surface area contributed by atoms with E-state index in [9.17, 15) is 4.79 Å². The van der Waals surface area contributed by atoms with Gasteiger partial charge in [-0.25, -0.2) is 4.79 Å². The summed E-state index contributed by atoms with van der Waals surface area (Å²) in [6.07, 6.45) is 0. The number of ether oxygens (including phenoxy) is 1. The third-order valence-electron chi connectivity index (χ3n) is 2.78. The van der Waals surface area contributed by atoms with E-state index in [2.05, 4.69) is 10.2 Å². The Morgan fingerprint density at radius 1 is 1.05 bits per heavy atom. The molecule has 0 spiro atoms. The van der Waals surface area contributed by atoms with Gasteiger partial charge in [-0.3, -0.25) is 0 Å². The molecule has 0 aromatic heterocycles. The molecule has 0 saturated heterocycles. The molecule has 0 radical (unpaired) electrons. The lowest BCUT2D eigenvalue weighted by Gasteiger charge is -2.12. The molecule has 0 heterocycles. The fraction of sp³-hybridized carbons (Fsp3) is 0.533. The van der Waals surface area contributed by atoms with E-state index in [0.29, 0.717) is 12.2 Å². The van der Waals surface area contributed by atoms with Crippen LogP contribution in [0.25, 0.3) is 0 Å². The van der Waals surface area contributed by atoms with Crippen LogP contribution in [0.5, 0.6) is 0 Å². The molecule has 0 atom stereocenters. The summed E-state index contributed by atoms with van der Waals surface area (Å²) in [5.41, 5.74) is 1.60. The van der Waals surface area contributed by atoms with Crippen LogP contribution in [-0.4, -0.2) is 70.2 Å². The van der Waals surface area contributed by atoms with E-state index in [1.54, 1.807) is 12.1 Å². The second-order valence-corrected chi connectivity index (χ2v) is 5.25. The molecular formula is C15H25N3O2. The van der Waals surface area contributed by atoms with Crippen molar-refractivity contribution in [2.75, 3.05) is 59.7 Å². The Kier molecular flexibility index (Phi) is 7.04. The molecular weight excluding hydrogens is 254 g/mol. The van der Waals surface area contributed by atoms with E-state index in [1.165, 1.54) is 0 Å². The number of likely N-dealkylation sites (N-methyl/N-ethyl adjacent to an activating group) is 2. The largest absolute Gasteiger partial charge is 0.461 e. The van der Waals surface area contributed by atoms with Crippen LogP contribution in [0.3, 0.4) is 0 Å². The standard InChI is InChI=1S/C15H25N3O2/c1-17(2)10-9-16-14-7-5-13(6-8-14)15(19)20-12-11-18(3)4/h5-8,16H,9-12H2,1-4H3. The summed E-state index contributed by atoms with van der Waals surface area (Å²) in [5.74, 6) is -0.272. The Morgan fingerprint density at radius 3 is 2.20 bits per heavy atom. The molecule has 1 N–H and O–H groups in total. The van der Waals surface area contributed by atoms with Crippen molar-refractivity contribution in [2.45, 2.75) is 0 Å².